The highest BCUT2D eigenvalue weighted by Gasteiger charge is 2.35. The van der Waals surface area contributed by atoms with E-state index in [1.165, 1.54) is 40.5 Å². The standard InChI is InChI=1S/C20H20FN3O3S3/c1-3-15(25)24(11-8-9-11)19-22-23-20(30-19)28-10-12-16-13(21)6-5-7-14(16)29-17(12)18(26)27-4-2/h5-7,11H,3-4,8-10H2,1-2H3. The lowest BCUT2D eigenvalue weighted by Gasteiger charge is -2.17. The molecule has 1 aliphatic carbocycles. The van der Waals surface area contributed by atoms with E-state index in [0.29, 0.717) is 42.2 Å². The predicted molar refractivity (Wildman–Crippen MR) is 118 cm³/mol. The Morgan fingerprint density at radius 3 is 2.77 bits per heavy atom. The van der Waals surface area contributed by atoms with Gasteiger partial charge in [0.1, 0.15) is 10.7 Å². The molecule has 0 spiro atoms. The predicted octanol–water partition coefficient (Wildman–Crippen LogP) is 5.27. The monoisotopic (exact) mass is 465 g/mol. The van der Waals surface area contributed by atoms with Crippen LogP contribution in [0.25, 0.3) is 10.1 Å². The number of ether oxygens (including phenoxy) is 1. The van der Waals surface area contributed by atoms with Crippen molar-refractivity contribution in [3.8, 4) is 0 Å². The summed E-state index contributed by atoms with van der Waals surface area (Å²) in [4.78, 5) is 26.9. The van der Waals surface area contributed by atoms with Gasteiger partial charge in [0.05, 0.1) is 6.61 Å². The lowest BCUT2D eigenvalue weighted by atomic mass is 10.1. The number of thioether (sulfide) groups is 1. The highest BCUT2D eigenvalue weighted by molar-refractivity contribution is 8.00. The summed E-state index contributed by atoms with van der Waals surface area (Å²) in [6, 6.07) is 5.04. The second-order valence-corrected chi connectivity index (χ2v) is 9.96. The van der Waals surface area contributed by atoms with Crippen LogP contribution in [0.3, 0.4) is 0 Å². The van der Waals surface area contributed by atoms with Crippen LogP contribution < -0.4 is 4.90 Å². The molecule has 30 heavy (non-hydrogen) atoms. The van der Waals surface area contributed by atoms with Gasteiger partial charge >= 0.3 is 5.97 Å². The third-order valence-corrected chi connectivity index (χ3v) is 7.91. The van der Waals surface area contributed by atoms with Crippen molar-refractivity contribution in [1.82, 2.24) is 10.2 Å². The molecular formula is C20H20FN3O3S3. The molecule has 0 radical (unpaired) electrons. The SMILES string of the molecule is CCOC(=O)c1sc2cccc(F)c2c1CSc1nnc(N(C(=O)CC)C2CC2)s1. The smallest absolute Gasteiger partial charge is 0.348 e. The normalized spacial score (nSPS) is 13.6. The third kappa shape index (κ3) is 4.21. The van der Waals surface area contributed by atoms with Crippen LogP contribution in [0.4, 0.5) is 9.52 Å². The number of benzene rings is 1. The molecule has 0 unspecified atom stereocenters. The van der Waals surface area contributed by atoms with Gasteiger partial charge in [-0.2, -0.15) is 0 Å². The Balaban J connectivity index is 1.59. The Bertz CT molecular complexity index is 1090. The molecule has 2 heterocycles. The molecule has 10 heteroatoms. The van der Waals surface area contributed by atoms with Crippen LogP contribution in [0, 0.1) is 5.82 Å². The zero-order chi connectivity index (χ0) is 21.3. The van der Waals surface area contributed by atoms with E-state index in [9.17, 15) is 14.0 Å². The van der Waals surface area contributed by atoms with Crippen LogP contribution in [-0.2, 0) is 15.3 Å². The first kappa shape index (κ1) is 21.2. The first-order chi connectivity index (χ1) is 14.5. The molecule has 0 saturated heterocycles. The van der Waals surface area contributed by atoms with E-state index in [2.05, 4.69) is 10.2 Å². The second-order valence-electron chi connectivity index (χ2n) is 6.73. The highest BCUT2D eigenvalue weighted by Crippen LogP contribution is 2.40. The number of aromatic nitrogens is 2. The van der Waals surface area contributed by atoms with Crippen LogP contribution in [-0.4, -0.2) is 34.7 Å². The number of hydrogen-bond donors (Lipinski definition) is 0. The fourth-order valence-electron chi connectivity index (χ4n) is 3.13. The van der Waals surface area contributed by atoms with Crippen molar-refractivity contribution in [3.05, 3.63) is 34.5 Å². The van der Waals surface area contributed by atoms with Gasteiger partial charge in [-0.05, 0) is 37.5 Å². The van der Waals surface area contributed by atoms with Crippen molar-refractivity contribution in [1.29, 1.82) is 0 Å². The molecule has 3 aromatic rings. The largest absolute Gasteiger partial charge is 0.462 e. The maximum atomic E-state index is 14.5. The zero-order valence-electron chi connectivity index (χ0n) is 16.5. The summed E-state index contributed by atoms with van der Waals surface area (Å²) in [5.41, 5.74) is 0.608. The summed E-state index contributed by atoms with van der Waals surface area (Å²) < 4.78 is 21.1. The van der Waals surface area contributed by atoms with E-state index in [1.54, 1.807) is 24.0 Å². The van der Waals surface area contributed by atoms with Gasteiger partial charge in [0.2, 0.25) is 11.0 Å². The molecule has 1 fully saturated rings. The van der Waals surface area contributed by atoms with Gasteiger partial charge in [-0.1, -0.05) is 36.1 Å². The summed E-state index contributed by atoms with van der Waals surface area (Å²) in [6.07, 6.45) is 2.38. The van der Waals surface area contributed by atoms with E-state index in [0.717, 1.165) is 12.8 Å². The number of carbonyl (C=O) groups is 2. The van der Waals surface area contributed by atoms with E-state index in [4.69, 9.17) is 4.74 Å². The summed E-state index contributed by atoms with van der Waals surface area (Å²) >= 11 is 3.97. The van der Waals surface area contributed by atoms with E-state index in [1.807, 2.05) is 6.92 Å². The molecule has 1 saturated carbocycles. The Labute approximate surface area is 185 Å². The minimum Gasteiger partial charge on any atom is -0.462 e. The molecule has 158 valence electrons. The molecule has 1 aliphatic rings. The summed E-state index contributed by atoms with van der Waals surface area (Å²) in [5.74, 6) is -0.406. The second kappa shape index (κ2) is 8.99. The minimum atomic E-state index is -0.444. The van der Waals surface area contributed by atoms with Gasteiger partial charge < -0.3 is 4.74 Å². The van der Waals surface area contributed by atoms with Crippen molar-refractivity contribution < 1.29 is 18.7 Å². The van der Waals surface area contributed by atoms with Crippen molar-refractivity contribution in [2.45, 2.75) is 49.2 Å². The van der Waals surface area contributed by atoms with Crippen molar-refractivity contribution in [3.63, 3.8) is 0 Å². The lowest BCUT2D eigenvalue weighted by molar-refractivity contribution is -0.118. The summed E-state index contributed by atoms with van der Waals surface area (Å²) in [7, 11) is 0. The maximum absolute atomic E-state index is 14.5. The molecule has 6 nitrogen and oxygen atoms in total. The molecule has 0 aliphatic heterocycles. The van der Waals surface area contributed by atoms with Crippen LogP contribution in [0.5, 0.6) is 0 Å². The van der Waals surface area contributed by atoms with Crippen molar-refractivity contribution in [2.75, 3.05) is 11.5 Å². The van der Waals surface area contributed by atoms with Crippen LogP contribution in [0.2, 0.25) is 0 Å². The van der Waals surface area contributed by atoms with E-state index >= 15 is 0 Å². The molecule has 0 bridgehead atoms. The number of esters is 1. The lowest BCUT2D eigenvalue weighted by Crippen LogP contribution is -2.32. The quantitative estimate of drug-likeness (QED) is 0.256. The van der Waals surface area contributed by atoms with E-state index < -0.39 is 5.97 Å². The molecule has 4 rings (SSSR count). The number of nitrogens with zero attached hydrogens (tertiary/aromatic N) is 3. The molecular weight excluding hydrogens is 445 g/mol. The Morgan fingerprint density at radius 2 is 2.07 bits per heavy atom. The van der Waals surface area contributed by atoms with Crippen LogP contribution in [0.1, 0.15) is 48.3 Å². The minimum absolute atomic E-state index is 0.0423. The Kier molecular flexibility index (Phi) is 6.35. The average Bonchev–Trinajstić information content (AvgIpc) is 3.32. The van der Waals surface area contributed by atoms with Gasteiger partial charge in [-0.3, -0.25) is 9.69 Å². The number of rotatable bonds is 8. The first-order valence-corrected chi connectivity index (χ1v) is 12.3. The number of thiophene rings is 1. The van der Waals surface area contributed by atoms with Crippen LogP contribution in [0.15, 0.2) is 22.5 Å². The van der Waals surface area contributed by atoms with Gasteiger partial charge in [0.15, 0.2) is 4.34 Å². The number of hydrogen-bond acceptors (Lipinski definition) is 8. The number of fused-ring (bicyclic) bond motifs is 1. The molecule has 0 N–H and O–H groups in total. The Morgan fingerprint density at radius 1 is 1.27 bits per heavy atom. The Hall–Kier alpha value is -2.04. The fraction of sp³-hybridized carbons (Fsp3) is 0.400. The number of carbonyl (C=O) groups excluding carboxylic acids is 2. The number of halogens is 1. The highest BCUT2D eigenvalue weighted by atomic mass is 32.2. The van der Waals surface area contributed by atoms with Gasteiger partial charge in [-0.15, -0.1) is 21.5 Å². The molecule has 1 amide bonds. The van der Waals surface area contributed by atoms with Gasteiger partial charge in [0.25, 0.3) is 0 Å². The summed E-state index contributed by atoms with van der Waals surface area (Å²) in [5, 5.41) is 9.45. The fourth-order valence-corrected chi connectivity index (χ4v) is 6.31. The number of amides is 1. The first-order valence-electron chi connectivity index (χ1n) is 9.68. The van der Waals surface area contributed by atoms with E-state index in [-0.39, 0.29) is 24.4 Å². The molecule has 2 aromatic heterocycles. The zero-order valence-corrected chi connectivity index (χ0v) is 19.0. The van der Waals surface area contributed by atoms with Crippen molar-refractivity contribution >= 4 is 61.5 Å². The van der Waals surface area contributed by atoms with Crippen molar-refractivity contribution in [2.24, 2.45) is 0 Å². The summed E-state index contributed by atoms with van der Waals surface area (Å²) in [6.45, 7) is 3.83. The topological polar surface area (TPSA) is 72.4 Å². The third-order valence-electron chi connectivity index (χ3n) is 4.65. The van der Waals surface area contributed by atoms with Crippen LogP contribution >= 0.6 is 34.4 Å². The van der Waals surface area contributed by atoms with Gasteiger partial charge in [0, 0.05) is 28.3 Å². The average molecular weight is 466 g/mol. The number of anilines is 1. The maximum Gasteiger partial charge on any atom is 0.348 e. The van der Waals surface area contributed by atoms with Gasteiger partial charge in [-0.25, -0.2) is 9.18 Å². The molecule has 0 atom stereocenters. The molecule has 1 aromatic carbocycles.